The van der Waals surface area contributed by atoms with E-state index >= 15 is 0 Å². The number of amides is 1. The van der Waals surface area contributed by atoms with Gasteiger partial charge in [0.25, 0.3) is 0 Å². The third kappa shape index (κ3) is 2.97. The molecule has 0 spiro atoms. The molecule has 1 heterocycles. The van der Waals surface area contributed by atoms with Gasteiger partial charge in [-0.05, 0) is 31.7 Å². The molecular formula is C12H22N2O3. The smallest absolute Gasteiger partial charge is 0.326 e. The predicted molar refractivity (Wildman–Crippen MR) is 64.7 cm³/mol. The largest absolute Gasteiger partial charge is 0.480 e. The molecule has 17 heavy (non-hydrogen) atoms. The lowest BCUT2D eigenvalue weighted by molar-refractivity contribution is -0.150. The number of carboxylic acid groups (broad SMARTS) is 1. The van der Waals surface area contributed by atoms with E-state index in [-0.39, 0.29) is 17.4 Å². The van der Waals surface area contributed by atoms with E-state index in [0.29, 0.717) is 0 Å². The highest BCUT2D eigenvalue weighted by Crippen LogP contribution is 2.31. The highest BCUT2D eigenvalue weighted by Gasteiger charge is 2.39. The number of aliphatic carboxylic acids is 1. The fraction of sp³-hybridized carbons (Fsp3) is 0.833. The van der Waals surface area contributed by atoms with Crippen molar-refractivity contribution in [3.8, 4) is 0 Å². The second-order valence-corrected chi connectivity index (χ2v) is 5.44. The Morgan fingerprint density at radius 1 is 1.47 bits per heavy atom. The van der Waals surface area contributed by atoms with Gasteiger partial charge in [0.15, 0.2) is 0 Å². The van der Waals surface area contributed by atoms with Crippen LogP contribution in [0.4, 0.5) is 0 Å². The maximum Gasteiger partial charge on any atom is 0.326 e. The standard InChI is InChI=1S/C12H22N2O3/c1-8(11(16)17)14(4)10(15)9-12(2,3)6-5-7-13-9/h8-9,13H,5-7H2,1-4H3,(H,16,17). The molecule has 1 aliphatic heterocycles. The summed E-state index contributed by atoms with van der Waals surface area (Å²) < 4.78 is 0. The Balaban J connectivity index is 2.78. The molecule has 2 N–H and O–H groups in total. The van der Waals surface area contributed by atoms with Crippen LogP contribution in [0.2, 0.25) is 0 Å². The van der Waals surface area contributed by atoms with Crippen LogP contribution in [0.25, 0.3) is 0 Å². The molecule has 1 saturated heterocycles. The van der Waals surface area contributed by atoms with Crippen LogP contribution in [0.1, 0.15) is 33.6 Å². The first kappa shape index (κ1) is 14.0. The summed E-state index contributed by atoms with van der Waals surface area (Å²) in [6.07, 6.45) is 2.03. The van der Waals surface area contributed by atoms with Crippen LogP contribution < -0.4 is 5.32 Å². The topological polar surface area (TPSA) is 69.6 Å². The van der Waals surface area contributed by atoms with E-state index < -0.39 is 12.0 Å². The van der Waals surface area contributed by atoms with Gasteiger partial charge in [0, 0.05) is 7.05 Å². The molecule has 1 amide bonds. The minimum Gasteiger partial charge on any atom is -0.480 e. The number of carbonyl (C=O) groups excluding carboxylic acids is 1. The maximum atomic E-state index is 12.3. The van der Waals surface area contributed by atoms with Crippen molar-refractivity contribution < 1.29 is 14.7 Å². The second kappa shape index (κ2) is 5.04. The summed E-state index contributed by atoms with van der Waals surface area (Å²) in [6.45, 7) is 6.42. The molecule has 98 valence electrons. The van der Waals surface area contributed by atoms with Crippen LogP contribution in [0.15, 0.2) is 0 Å². The predicted octanol–water partition coefficient (Wildman–Crippen LogP) is 0.696. The molecule has 0 saturated carbocycles. The average molecular weight is 242 g/mol. The lowest BCUT2D eigenvalue weighted by Gasteiger charge is -2.40. The van der Waals surface area contributed by atoms with Gasteiger partial charge in [0.2, 0.25) is 5.91 Å². The Kier molecular flexibility index (Phi) is 4.14. The lowest BCUT2D eigenvalue weighted by atomic mass is 9.77. The minimum atomic E-state index is -0.977. The van der Waals surface area contributed by atoms with E-state index in [4.69, 9.17) is 5.11 Å². The summed E-state index contributed by atoms with van der Waals surface area (Å²) in [5.74, 6) is -1.11. The Labute approximate surface area is 102 Å². The summed E-state index contributed by atoms with van der Waals surface area (Å²) in [5.41, 5.74) is -0.123. The van der Waals surface area contributed by atoms with E-state index in [1.54, 1.807) is 7.05 Å². The van der Waals surface area contributed by atoms with Crippen molar-refractivity contribution >= 4 is 11.9 Å². The monoisotopic (exact) mass is 242 g/mol. The van der Waals surface area contributed by atoms with Crippen molar-refractivity contribution in [1.29, 1.82) is 0 Å². The molecular weight excluding hydrogens is 220 g/mol. The third-order valence-corrected chi connectivity index (χ3v) is 3.66. The zero-order valence-electron chi connectivity index (χ0n) is 11.0. The summed E-state index contributed by atoms with van der Waals surface area (Å²) in [6, 6.07) is -1.08. The summed E-state index contributed by atoms with van der Waals surface area (Å²) in [7, 11) is 1.55. The minimum absolute atomic E-state index is 0.123. The number of rotatable bonds is 3. The van der Waals surface area contributed by atoms with Crippen LogP contribution in [-0.4, -0.2) is 47.6 Å². The van der Waals surface area contributed by atoms with Crippen molar-refractivity contribution in [3.63, 3.8) is 0 Å². The average Bonchev–Trinajstić information content (AvgIpc) is 2.25. The lowest BCUT2D eigenvalue weighted by Crippen LogP contribution is -2.58. The van der Waals surface area contributed by atoms with E-state index in [1.807, 2.05) is 13.8 Å². The zero-order valence-corrected chi connectivity index (χ0v) is 11.0. The van der Waals surface area contributed by atoms with Gasteiger partial charge in [-0.25, -0.2) is 4.79 Å². The summed E-state index contributed by atoms with van der Waals surface area (Å²) in [5, 5.41) is 12.1. The Morgan fingerprint density at radius 3 is 2.53 bits per heavy atom. The van der Waals surface area contributed by atoms with Crippen LogP contribution in [0.5, 0.6) is 0 Å². The van der Waals surface area contributed by atoms with Gasteiger partial charge in [-0.15, -0.1) is 0 Å². The van der Waals surface area contributed by atoms with Gasteiger partial charge in [-0.2, -0.15) is 0 Å². The summed E-state index contributed by atoms with van der Waals surface area (Å²) >= 11 is 0. The number of hydrogen-bond acceptors (Lipinski definition) is 3. The molecule has 1 aliphatic rings. The molecule has 0 aromatic rings. The first-order valence-corrected chi connectivity index (χ1v) is 6.00. The Morgan fingerprint density at radius 2 is 2.06 bits per heavy atom. The van der Waals surface area contributed by atoms with Crippen LogP contribution in [0, 0.1) is 5.41 Å². The quantitative estimate of drug-likeness (QED) is 0.764. The molecule has 5 heteroatoms. The van der Waals surface area contributed by atoms with Crippen molar-refractivity contribution in [1.82, 2.24) is 10.2 Å². The fourth-order valence-corrected chi connectivity index (χ4v) is 2.19. The molecule has 0 aromatic heterocycles. The molecule has 2 atom stereocenters. The first-order chi connectivity index (χ1) is 7.77. The maximum absolute atomic E-state index is 12.3. The SMILES string of the molecule is CC(C(=O)O)N(C)C(=O)C1NCCCC1(C)C. The van der Waals surface area contributed by atoms with Crippen molar-refractivity contribution in [2.45, 2.75) is 45.7 Å². The first-order valence-electron chi connectivity index (χ1n) is 6.00. The van der Waals surface area contributed by atoms with E-state index in [1.165, 1.54) is 11.8 Å². The number of nitrogens with zero attached hydrogens (tertiary/aromatic N) is 1. The number of piperidine rings is 1. The summed E-state index contributed by atoms with van der Waals surface area (Å²) in [4.78, 5) is 24.4. The number of carbonyl (C=O) groups is 2. The number of nitrogens with one attached hydrogen (secondary N) is 1. The van der Waals surface area contributed by atoms with E-state index in [0.717, 1.165) is 19.4 Å². The van der Waals surface area contributed by atoms with Gasteiger partial charge in [0.1, 0.15) is 6.04 Å². The molecule has 0 aromatic carbocycles. The molecule has 1 rings (SSSR count). The van der Waals surface area contributed by atoms with E-state index in [9.17, 15) is 9.59 Å². The van der Waals surface area contributed by atoms with Gasteiger partial charge in [-0.1, -0.05) is 13.8 Å². The zero-order chi connectivity index (χ0) is 13.2. The van der Waals surface area contributed by atoms with Crippen molar-refractivity contribution in [3.05, 3.63) is 0 Å². The Hall–Kier alpha value is -1.10. The number of likely N-dealkylation sites (N-methyl/N-ethyl adjacent to an activating group) is 1. The van der Waals surface area contributed by atoms with Gasteiger partial charge in [0.05, 0.1) is 6.04 Å². The third-order valence-electron chi connectivity index (χ3n) is 3.66. The van der Waals surface area contributed by atoms with Crippen molar-refractivity contribution in [2.75, 3.05) is 13.6 Å². The van der Waals surface area contributed by atoms with Crippen molar-refractivity contribution in [2.24, 2.45) is 5.41 Å². The van der Waals surface area contributed by atoms with Gasteiger partial charge < -0.3 is 15.3 Å². The van der Waals surface area contributed by atoms with Crippen LogP contribution >= 0.6 is 0 Å². The second-order valence-electron chi connectivity index (χ2n) is 5.44. The molecule has 2 unspecified atom stereocenters. The Bertz CT molecular complexity index is 315. The van der Waals surface area contributed by atoms with Crippen LogP contribution in [0.3, 0.4) is 0 Å². The van der Waals surface area contributed by atoms with Gasteiger partial charge in [-0.3, -0.25) is 4.79 Å². The number of hydrogen-bond donors (Lipinski definition) is 2. The molecule has 1 fully saturated rings. The highest BCUT2D eigenvalue weighted by molar-refractivity contribution is 5.87. The van der Waals surface area contributed by atoms with Gasteiger partial charge >= 0.3 is 5.97 Å². The normalized spacial score (nSPS) is 25.1. The van der Waals surface area contributed by atoms with E-state index in [2.05, 4.69) is 5.32 Å². The number of carboxylic acids is 1. The fourth-order valence-electron chi connectivity index (χ4n) is 2.19. The molecule has 5 nitrogen and oxygen atoms in total. The molecule has 0 bridgehead atoms. The molecule has 0 radical (unpaired) electrons. The highest BCUT2D eigenvalue weighted by atomic mass is 16.4. The molecule has 0 aliphatic carbocycles. The van der Waals surface area contributed by atoms with Crippen LogP contribution in [-0.2, 0) is 9.59 Å².